The number of likely N-dealkylation sites (tertiary alicyclic amines) is 2. The highest BCUT2D eigenvalue weighted by Crippen LogP contribution is 2.45. The second-order valence-corrected chi connectivity index (χ2v) is 8.91. The van der Waals surface area contributed by atoms with Crippen LogP contribution in [0.25, 0.3) is 0 Å². The van der Waals surface area contributed by atoms with E-state index < -0.39 is 0 Å². The molecule has 2 N–H and O–H groups in total. The largest absolute Gasteiger partial charge is 0.396 e. The standard InChI is InChI=1S/C19H34N4OS/c1-16-12-20-18(21-16)14-23-10-6-19(17(13-23)15-24)4-8-22(9-5-19)7-3-11-25-2/h12,17,24H,3-11,13-15H2,1-2H3,(H,20,21)/t17-/m1/s1. The van der Waals surface area contributed by atoms with Gasteiger partial charge >= 0.3 is 0 Å². The number of aryl methyl sites for hydroxylation is 1. The normalized spacial score (nSPS) is 24.8. The number of aromatic amines is 1. The van der Waals surface area contributed by atoms with Crippen molar-refractivity contribution in [3.8, 4) is 0 Å². The van der Waals surface area contributed by atoms with Gasteiger partial charge < -0.3 is 15.0 Å². The Morgan fingerprint density at radius 1 is 1.28 bits per heavy atom. The van der Waals surface area contributed by atoms with Crippen LogP contribution >= 0.6 is 11.8 Å². The minimum Gasteiger partial charge on any atom is -0.396 e. The van der Waals surface area contributed by atoms with Crippen molar-refractivity contribution < 1.29 is 5.11 Å². The van der Waals surface area contributed by atoms with E-state index in [4.69, 9.17) is 0 Å². The summed E-state index contributed by atoms with van der Waals surface area (Å²) in [4.78, 5) is 12.9. The van der Waals surface area contributed by atoms with Crippen molar-refractivity contribution in [1.29, 1.82) is 0 Å². The molecular formula is C19H34N4OS. The minimum absolute atomic E-state index is 0.320. The van der Waals surface area contributed by atoms with Crippen LogP contribution in [0, 0.1) is 18.3 Å². The fraction of sp³-hybridized carbons (Fsp3) is 0.842. The topological polar surface area (TPSA) is 55.4 Å². The summed E-state index contributed by atoms with van der Waals surface area (Å²) in [5.41, 5.74) is 1.48. The van der Waals surface area contributed by atoms with Crippen LogP contribution in [0.1, 0.15) is 37.2 Å². The molecule has 0 bridgehead atoms. The molecule has 1 atom stereocenters. The Labute approximate surface area is 156 Å². The van der Waals surface area contributed by atoms with Gasteiger partial charge in [0.25, 0.3) is 0 Å². The highest BCUT2D eigenvalue weighted by atomic mass is 32.2. The Morgan fingerprint density at radius 3 is 2.60 bits per heavy atom. The lowest BCUT2D eigenvalue weighted by Crippen LogP contribution is -2.53. The van der Waals surface area contributed by atoms with E-state index in [9.17, 15) is 5.11 Å². The summed E-state index contributed by atoms with van der Waals surface area (Å²) in [5, 5.41) is 10.1. The molecule has 3 rings (SSSR count). The van der Waals surface area contributed by atoms with Gasteiger partial charge in [-0.05, 0) is 76.2 Å². The summed E-state index contributed by atoms with van der Waals surface area (Å²) in [5.74, 6) is 2.72. The molecule has 2 saturated heterocycles. The summed E-state index contributed by atoms with van der Waals surface area (Å²) in [6.45, 7) is 9.03. The zero-order valence-electron chi connectivity index (χ0n) is 15.8. The molecule has 2 aliphatic heterocycles. The van der Waals surface area contributed by atoms with Gasteiger partial charge in [0.05, 0.1) is 6.54 Å². The van der Waals surface area contributed by atoms with Crippen molar-refractivity contribution in [2.24, 2.45) is 11.3 Å². The third-order valence-electron chi connectivity index (χ3n) is 6.29. The molecule has 25 heavy (non-hydrogen) atoms. The monoisotopic (exact) mass is 366 g/mol. The summed E-state index contributed by atoms with van der Waals surface area (Å²) in [6.07, 6.45) is 9.12. The van der Waals surface area contributed by atoms with E-state index in [0.717, 1.165) is 31.2 Å². The van der Waals surface area contributed by atoms with Crippen LogP contribution in [0.5, 0.6) is 0 Å². The Balaban J connectivity index is 1.52. The van der Waals surface area contributed by atoms with Crippen LogP contribution in [0.15, 0.2) is 6.20 Å². The molecule has 2 aliphatic rings. The fourth-order valence-corrected chi connectivity index (χ4v) is 5.07. The van der Waals surface area contributed by atoms with Gasteiger partial charge in [-0.15, -0.1) is 0 Å². The second-order valence-electron chi connectivity index (χ2n) is 7.93. The molecule has 2 fully saturated rings. The van der Waals surface area contributed by atoms with Crippen molar-refractivity contribution >= 4 is 11.8 Å². The molecule has 6 heteroatoms. The van der Waals surface area contributed by atoms with Gasteiger partial charge in [-0.25, -0.2) is 4.98 Å². The van der Waals surface area contributed by atoms with Crippen molar-refractivity contribution in [3.05, 3.63) is 17.7 Å². The minimum atomic E-state index is 0.320. The van der Waals surface area contributed by atoms with E-state index in [-0.39, 0.29) is 0 Å². The SMILES string of the molecule is CSCCCN1CCC2(CC1)CCN(Cc1ncc(C)[nH]1)C[C@@H]2CO. The predicted octanol–water partition coefficient (Wildman–Crippen LogP) is 2.37. The Morgan fingerprint density at radius 2 is 2.00 bits per heavy atom. The van der Waals surface area contributed by atoms with Crippen molar-refractivity contribution in [2.45, 2.75) is 39.2 Å². The number of rotatable bonds is 7. The van der Waals surface area contributed by atoms with E-state index in [2.05, 4.69) is 26.0 Å². The highest BCUT2D eigenvalue weighted by molar-refractivity contribution is 7.98. The van der Waals surface area contributed by atoms with Crippen LogP contribution in [0.2, 0.25) is 0 Å². The lowest BCUT2D eigenvalue weighted by Gasteiger charge is -2.51. The Hall–Kier alpha value is -0.560. The molecule has 0 amide bonds. The second kappa shape index (κ2) is 8.89. The number of H-pyrrole nitrogens is 1. The van der Waals surface area contributed by atoms with Gasteiger partial charge in [0.1, 0.15) is 5.82 Å². The van der Waals surface area contributed by atoms with Crippen molar-refractivity contribution in [2.75, 3.05) is 51.3 Å². The molecule has 0 aliphatic carbocycles. The summed E-state index contributed by atoms with van der Waals surface area (Å²) >= 11 is 1.95. The first kappa shape index (κ1) is 19.2. The first-order valence-electron chi connectivity index (χ1n) is 9.70. The lowest BCUT2D eigenvalue weighted by molar-refractivity contribution is -0.0441. The van der Waals surface area contributed by atoms with Gasteiger partial charge in [0, 0.05) is 31.0 Å². The number of piperidine rings is 2. The maximum Gasteiger partial charge on any atom is 0.120 e. The van der Waals surface area contributed by atoms with Crippen LogP contribution in [0.4, 0.5) is 0 Å². The number of nitrogens with one attached hydrogen (secondary N) is 1. The quantitative estimate of drug-likeness (QED) is 0.726. The number of aliphatic hydroxyl groups excluding tert-OH is 1. The molecule has 3 heterocycles. The molecule has 0 saturated carbocycles. The average Bonchev–Trinajstić information content (AvgIpc) is 3.03. The van der Waals surface area contributed by atoms with Gasteiger partial charge in [0.15, 0.2) is 0 Å². The van der Waals surface area contributed by atoms with E-state index in [0.29, 0.717) is 17.9 Å². The maximum atomic E-state index is 10.1. The molecular weight excluding hydrogens is 332 g/mol. The molecule has 0 aromatic carbocycles. The lowest BCUT2D eigenvalue weighted by atomic mass is 9.64. The van der Waals surface area contributed by atoms with Gasteiger partial charge in [-0.2, -0.15) is 11.8 Å². The number of aliphatic hydroxyl groups is 1. The Bertz CT molecular complexity index is 527. The fourth-order valence-electron chi connectivity index (χ4n) is 4.65. The number of imidazole rings is 1. The van der Waals surface area contributed by atoms with Crippen molar-refractivity contribution in [3.63, 3.8) is 0 Å². The van der Waals surface area contributed by atoms with Crippen LogP contribution in [-0.2, 0) is 6.54 Å². The zero-order valence-corrected chi connectivity index (χ0v) is 16.7. The van der Waals surface area contributed by atoms with Crippen LogP contribution < -0.4 is 0 Å². The van der Waals surface area contributed by atoms with Crippen molar-refractivity contribution in [1.82, 2.24) is 19.8 Å². The summed E-state index contributed by atoms with van der Waals surface area (Å²) in [7, 11) is 0. The third-order valence-corrected chi connectivity index (χ3v) is 6.99. The molecule has 142 valence electrons. The molecule has 0 unspecified atom stereocenters. The maximum absolute atomic E-state index is 10.1. The van der Waals surface area contributed by atoms with Crippen LogP contribution in [0.3, 0.4) is 0 Å². The first-order chi connectivity index (χ1) is 12.1. The molecule has 1 aromatic rings. The number of aromatic nitrogens is 2. The van der Waals surface area contributed by atoms with E-state index in [1.807, 2.05) is 24.9 Å². The number of nitrogens with zero attached hydrogens (tertiary/aromatic N) is 3. The van der Waals surface area contributed by atoms with Gasteiger partial charge in [-0.3, -0.25) is 4.90 Å². The third kappa shape index (κ3) is 4.79. The van der Waals surface area contributed by atoms with E-state index in [1.54, 1.807) is 0 Å². The zero-order chi connectivity index (χ0) is 17.7. The summed E-state index contributed by atoms with van der Waals surface area (Å²) in [6, 6.07) is 0. The molecule has 1 spiro atoms. The number of hydrogen-bond donors (Lipinski definition) is 2. The van der Waals surface area contributed by atoms with Gasteiger partial charge in [-0.1, -0.05) is 0 Å². The predicted molar refractivity (Wildman–Crippen MR) is 105 cm³/mol. The first-order valence-corrected chi connectivity index (χ1v) is 11.1. The number of thioether (sulfide) groups is 1. The van der Waals surface area contributed by atoms with E-state index in [1.165, 1.54) is 51.1 Å². The molecule has 1 aromatic heterocycles. The van der Waals surface area contributed by atoms with Gasteiger partial charge in [0.2, 0.25) is 0 Å². The molecule has 5 nitrogen and oxygen atoms in total. The van der Waals surface area contributed by atoms with E-state index >= 15 is 0 Å². The average molecular weight is 367 g/mol. The number of hydrogen-bond acceptors (Lipinski definition) is 5. The highest BCUT2D eigenvalue weighted by Gasteiger charge is 2.44. The molecule has 0 radical (unpaired) electrons. The smallest absolute Gasteiger partial charge is 0.120 e. The Kier molecular flexibility index (Phi) is 6.83. The van der Waals surface area contributed by atoms with Crippen LogP contribution in [-0.4, -0.2) is 76.2 Å². The summed E-state index contributed by atoms with van der Waals surface area (Å²) < 4.78 is 0.